The Morgan fingerprint density at radius 3 is 3.19 bits per heavy atom. The summed E-state index contributed by atoms with van der Waals surface area (Å²) in [5.41, 5.74) is 1.12. The highest BCUT2D eigenvalue weighted by molar-refractivity contribution is 7.07. The minimum absolute atomic E-state index is 0.204. The number of hydrogen-bond acceptors (Lipinski definition) is 4. The van der Waals surface area contributed by atoms with Gasteiger partial charge < -0.3 is 14.4 Å². The van der Waals surface area contributed by atoms with Crippen molar-refractivity contribution in [2.24, 2.45) is 5.92 Å². The molecule has 2 heterocycles. The summed E-state index contributed by atoms with van der Waals surface area (Å²) in [4.78, 5) is 14.6. The van der Waals surface area contributed by atoms with Gasteiger partial charge in [0.2, 0.25) is 5.91 Å². The van der Waals surface area contributed by atoms with Gasteiger partial charge in [0.25, 0.3) is 0 Å². The Kier molecular flexibility index (Phi) is 4.93. The van der Waals surface area contributed by atoms with E-state index < -0.39 is 0 Å². The minimum Gasteiger partial charge on any atom is -0.381 e. The van der Waals surface area contributed by atoms with Crippen LogP contribution in [0.5, 0.6) is 0 Å². The number of ether oxygens (including phenoxy) is 2. The van der Waals surface area contributed by atoms with Crippen molar-refractivity contribution in [3.63, 3.8) is 0 Å². The van der Waals surface area contributed by atoms with Gasteiger partial charge in [0, 0.05) is 19.8 Å². The summed E-state index contributed by atoms with van der Waals surface area (Å²) in [5, 5.41) is 4.08. The summed E-state index contributed by atoms with van der Waals surface area (Å²) in [6, 6.07) is 2.28. The molecule has 1 aliphatic carbocycles. The van der Waals surface area contributed by atoms with E-state index >= 15 is 0 Å². The third kappa shape index (κ3) is 3.47. The van der Waals surface area contributed by atoms with Crippen LogP contribution in [0.1, 0.15) is 25.3 Å². The molecular formula is C16H23NO3S. The maximum atomic E-state index is 12.6. The Labute approximate surface area is 130 Å². The van der Waals surface area contributed by atoms with Gasteiger partial charge in [-0.05, 0) is 48.1 Å². The number of carbonyl (C=O) groups excluding carboxylic acids is 1. The lowest BCUT2D eigenvalue weighted by Crippen LogP contribution is -2.51. The first-order valence-electron chi connectivity index (χ1n) is 7.77. The molecule has 3 atom stereocenters. The molecule has 3 rings (SSSR count). The van der Waals surface area contributed by atoms with Crippen molar-refractivity contribution < 1.29 is 14.3 Å². The Morgan fingerprint density at radius 1 is 1.52 bits per heavy atom. The summed E-state index contributed by atoms with van der Waals surface area (Å²) in [6.45, 7) is 4.96. The van der Waals surface area contributed by atoms with E-state index in [-0.39, 0.29) is 18.1 Å². The van der Waals surface area contributed by atoms with Gasteiger partial charge in [-0.25, -0.2) is 0 Å². The zero-order chi connectivity index (χ0) is 14.7. The van der Waals surface area contributed by atoms with Crippen LogP contribution in [0.3, 0.4) is 0 Å². The average molecular weight is 309 g/mol. The SMILES string of the molecule is CCOC[C@@H]1C[C@@H]2OCCN(C(=O)Cc3ccsc3)[C@@H]2C1. The van der Waals surface area contributed by atoms with E-state index in [0.717, 1.165) is 38.2 Å². The lowest BCUT2D eigenvalue weighted by atomic mass is 10.1. The van der Waals surface area contributed by atoms with E-state index in [4.69, 9.17) is 9.47 Å². The van der Waals surface area contributed by atoms with Gasteiger partial charge in [-0.2, -0.15) is 11.3 Å². The highest BCUT2D eigenvalue weighted by Gasteiger charge is 2.42. The number of thiophene rings is 1. The third-order valence-electron chi connectivity index (χ3n) is 4.45. The molecule has 1 aromatic heterocycles. The second-order valence-corrected chi connectivity index (χ2v) is 6.65. The fourth-order valence-corrected chi connectivity index (χ4v) is 4.12. The average Bonchev–Trinajstić information content (AvgIpc) is 3.12. The molecule has 2 fully saturated rings. The quantitative estimate of drug-likeness (QED) is 0.838. The van der Waals surface area contributed by atoms with E-state index in [9.17, 15) is 4.79 Å². The number of amides is 1. The van der Waals surface area contributed by atoms with Crippen LogP contribution in [-0.2, 0) is 20.7 Å². The first-order valence-corrected chi connectivity index (χ1v) is 8.72. The Morgan fingerprint density at radius 2 is 2.43 bits per heavy atom. The van der Waals surface area contributed by atoms with Crippen molar-refractivity contribution in [3.8, 4) is 0 Å². The van der Waals surface area contributed by atoms with Crippen molar-refractivity contribution in [2.45, 2.75) is 38.3 Å². The van der Waals surface area contributed by atoms with E-state index in [1.807, 2.05) is 18.4 Å². The molecule has 1 amide bonds. The maximum Gasteiger partial charge on any atom is 0.227 e. The summed E-state index contributed by atoms with van der Waals surface area (Å²) in [5.74, 6) is 0.762. The van der Waals surface area contributed by atoms with Crippen molar-refractivity contribution >= 4 is 17.2 Å². The van der Waals surface area contributed by atoms with E-state index in [2.05, 4.69) is 10.3 Å². The highest BCUT2D eigenvalue weighted by atomic mass is 32.1. The van der Waals surface area contributed by atoms with E-state index in [1.165, 1.54) is 0 Å². The Hall–Kier alpha value is -0.910. The van der Waals surface area contributed by atoms with Crippen molar-refractivity contribution in [3.05, 3.63) is 22.4 Å². The molecule has 0 radical (unpaired) electrons. The number of morpholine rings is 1. The molecule has 0 bridgehead atoms. The maximum absolute atomic E-state index is 12.6. The molecule has 1 aliphatic heterocycles. The summed E-state index contributed by atoms with van der Waals surface area (Å²) < 4.78 is 11.4. The van der Waals surface area contributed by atoms with Crippen molar-refractivity contribution in [1.82, 2.24) is 4.90 Å². The van der Waals surface area contributed by atoms with Crippen LogP contribution < -0.4 is 0 Å². The molecule has 21 heavy (non-hydrogen) atoms. The van der Waals surface area contributed by atoms with Gasteiger partial charge in [0.15, 0.2) is 0 Å². The number of fused-ring (bicyclic) bond motifs is 1. The van der Waals surface area contributed by atoms with Crippen LogP contribution in [0.15, 0.2) is 16.8 Å². The zero-order valence-corrected chi connectivity index (χ0v) is 13.3. The molecule has 1 saturated carbocycles. The Bertz CT molecular complexity index is 462. The highest BCUT2D eigenvalue weighted by Crippen LogP contribution is 2.34. The third-order valence-corrected chi connectivity index (χ3v) is 5.18. The molecule has 0 aromatic carbocycles. The van der Waals surface area contributed by atoms with Gasteiger partial charge in [0.05, 0.1) is 25.2 Å². The van der Waals surface area contributed by atoms with Gasteiger partial charge in [-0.1, -0.05) is 0 Å². The van der Waals surface area contributed by atoms with Crippen LogP contribution >= 0.6 is 11.3 Å². The lowest BCUT2D eigenvalue weighted by molar-refractivity contribution is -0.143. The first-order chi connectivity index (χ1) is 10.3. The molecule has 116 valence electrons. The smallest absolute Gasteiger partial charge is 0.227 e. The predicted octanol–water partition coefficient (Wildman–Crippen LogP) is 2.33. The van der Waals surface area contributed by atoms with Crippen molar-refractivity contribution in [2.75, 3.05) is 26.4 Å². The molecule has 5 heteroatoms. The molecule has 4 nitrogen and oxygen atoms in total. The number of carbonyl (C=O) groups is 1. The molecule has 0 spiro atoms. The lowest BCUT2D eigenvalue weighted by Gasteiger charge is -2.37. The summed E-state index contributed by atoms with van der Waals surface area (Å²) in [7, 11) is 0. The monoisotopic (exact) mass is 309 g/mol. The second-order valence-electron chi connectivity index (χ2n) is 5.87. The standard InChI is InChI=1S/C16H23NO3S/c1-2-19-10-13-7-14-15(8-13)20-5-4-17(14)16(18)9-12-3-6-21-11-12/h3,6,11,13-15H,2,4-5,7-10H2,1H3/t13-,14+,15-/m0/s1. The molecule has 0 unspecified atom stereocenters. The van der Waals surface area contributed by atoms with Crippen LogP contribution in [0.4, 0.5) is 0 Å². The predicted molar refractivity (Wildman–Crippen MR) is 82.5 cm³/mol. The molecule has 1 saturated heterocycles. The van der Waals surface area contributed by atoms with E-state index in [0.29, 0.717) is 18.9 Å². The van der Waals surface area contributed by atoms with Gasteiger partial charge in [0.1, 0.15) is 0 Å². The normalized spacial score (nSPS) is 28.6. The van der Waals surface area contributed by atoms with Crippen LogP contribution in [0.2, 0.25) is 0 Å². The minimum atomic E-state index is 0.204. The summed E-state index contributed by atoms with van der Waals surface area (Å²) >= 11 is 1.65. The topological polar surface area (TPSA) is 38.8 Å². The first kappa shape index (κ1) is 15.0. The second kappa shape index (κ2) is 6.90. The number of rotatable bonds is 5. The zero-order valence-electron chi connectivity index (χ0n) is 12.5. The van der Waals surface area contributed by atoms with Gasteiger partial charge in [-0.15, -0.1) is 0 Å². The Balaban J connectivity index is 1.61. The molecule has 2 aliphatic rings. The fourth-order valence-electron chi connectivity index (χ4n) is 3.45. The van der Waals surface area contributed by atoms with E-state index in [1.54, 1.807) is 11.3 Å². The largest absolute Gasteiger partial charge is 0.381 e. The number of hydrogen-bond donors (Lipinski definition) is 0. The van der Waals surface area contributed by atoms with Gasteiger partial charge >= 0.3 is 0 Å². The van der Waals surface area contributed by atoms with Gasteiger partial charge in [-0.3, -0.25) is 4.79 Å². The van der Waals surface area contributed by atoms with Crippen LogP contribution in [0.25, 0.3) is 0 Å². The number of nitrogens with zero attached hydrogens (tertiary/aromatic N) is 1. The molecule has 1 aromatic rings. The molecular weight excluding hydrogens is 286 g/mol. The molecule has 0 N–H and O–H groups in total. The van der Waals surface area contributed by atoms with Crippen molar-refractivity contribution in [1.29, 1.82) is 0 Å². The van der Waals surface area contributed by atoms with Crippen LogP contribution in [0, 0.1) is 5.92 Å². The fraction of sp³-hybridized carbons (Fsp3) is 0.688. The summed E-state index contributed by atoms with van der Waals surface area (Å²) in [6.07, 6.45) is 2.76. The van der Waals surface area contributed by atoms with Crippen LogP contribution in [-0.4, -0.2) is 49.3 Å².